The first-order valence-electron chi connectivity index (χ1n) is 5.80. The van der Waals surface area contributed by atoms with Crippen LogP contribution in [0.5, 0.6) is 0 Å². The normalized spacial score (nSPS) is 24.4. The summed E-state index contributed by atoms with van der Waals surface area (Å²) in [5, 5.41) is 10.4. The Balaban J connectivity index is 2.30. The van der Waals surface area contributed by atoms with Gasteiger partial charge in [0, 0.05) is 29.3 Å². The minimum absolute atomic E-state index is 0.600. The van der Waals surface area contributed by atoms with E-state index in [1.807, 2.05) is 23.9 Å². The van der Waals surface area contributed by atoms with Crippen LogP contribution in [0.2, 0.25) is 0 Å². The van der Waals surface area contributed by atoms with Gasteiger partial charge in [-0.15, -0.1) is 0 Å². The smallest absolute Gasteiger partial charge is 0.101 e. The van der Waals surface area contributed by atoms with Crippen molar-refractivity contribution in [3.05, 3.63) is 23.8 Å². The first kappa shape index (κ1) is 12.1. The van der Waals surface area contributed by atoms with Crippen molar-refractivity contribution >= 4 is 23.1 Å². The first-order valence-corrected chi connectivity index (χ1v) is 6.74. The molecule has 0 spiro atoms. The summed E-state index contributed by atoms with van der Waals surface area (Å²) in [7, 11) is 0. The molecule has 2 atom stereocenters. The van der Waals surface area contributed by atoms with E-state index >= 15 is 0 Å². The van der Waals surface area contributed by atoms with Crippen LogP contribution < -0.4 is 10.6 Å². The highest BCUT2D eigenvalue weighted by Crippen LogP contribution is 2.31. The second-order valence-corrected chi connectivity index (χ2v) is 6.43. The Bertz CT molecular complexity index is 442. The molecule has 0 aliphatic carbocycles. The molecule has 4 heteroatoms. The number of nitrogen functional groups attached to an aromatic ring is 1. The Morgan fingerprint density at radius 1 is 1.35 bits per heavy atom. The molecule has 2 unspecified atom stereocenters. The standard InChI is InChI=1S/C13H17N3S/c1-9-7-16(8-10(2)17-9)13-4-3-12(15)5-11(13)6-14/h3-5,9-10H,7-8,15H2,1-2H3. The lowest BCUT2D eigenvalue weighted by Gasteiger charge is -2.36. The summed E-state index contributed by atoms with van der Waals surface area (Å²) < 4.78 is 0. The van der Waals surface area contributed by atoms with Gasteiger partial charge in [-0.1, -0.05) is 13.8 Å². The predicted octanol–water partition coefficient (Wildman–Crippen LogP) is 2.47. The molecule has 1 aliphatic heterocycles. The van der Waals surface area contributed by atoms with Gasteiger partial charge in [0.25, 0.3) is 0 Å². The summed E-state index contributed by atoms with van der Waals surface area (Å²) >= 11 is 2.01. The highest BCUT2D eigenvalue weighted by Gasteiger charge is 2.23. The molecule has 1 heterocycles. The Hall–Kier alpha value is -1.34. The van der Waals surface area contributed by atoms with E-state index in [9.17, 15) is 0 Å². The molecule has 1 aromatic carbocycles. The topological polar surface area (TPSA) is 53.0 Å². The molecule has 1 aliphatic rings. The molecule has 0 saturated carbocycles. The fourth-order valence-electron chi connectivity index (χ4n) is 2.29. The number of hydrogen-bond acceptors (Lipinski definition) is 4. The average molecular weight is 247 g/mol. The van der Waals surface area contributed by atoms with Gasteiger partial charge in [-0.05, 0) is 18.2 Å². The van der Waals surface area contributed by atoms with Crippen molar-refractivity contribution in [2.24, 2.45) is 0 Å². The minimum Gasteiger partial charge on any atom is -0.399 e. The zero-order chi connectivity index (χ0) is 12.4. The van der Waals surface area contributed by atoms with Gasteiger partial charge in [0.15, 0.2) is 0 Å². The summed E-state index contributed by atoms with van der Waals surface area (Å²) in [6.07, 6.45) is 0. The fourth-order valence-corrected chi connectivity index (χ4v) is 3.62. The van der Waals surface area contributed by atoms with E-state index in [1.165, 1.54) is 0 Å². The van der Waals surface area contributed by atoms with Crippen molar-refractivity contribution in [3.63, 3.8) is 0 Å². The molecule has 2 rings (SSSR count). The summed E-state index contributed by atoms with van der Waals surface area (Å²) in [5.41, 5.74) is 8.06. The maximum Gasteiger partial charge on any atom is 0.101 e. The zero-order valence-corrected chi connectivity index (χ0v) is 11.0. The molecule has 1 aromatic rings. The van der Waals surface area contributed by atoms with Crippen LogP contribution in [-0.4, -0.2) is 23.6 Å². The number of thioether (sulfide) groups is 1. The van der Waals surface area contributed by atoms with E-state index in [0.717, 1.165) is 18.8 Å². The van der Waals surface area contributed by atoms with Crippen LogP contribution >= 0.6 is 11.8 Å². The first-order chi connectivity index (χ1) is 8.10. The number of nitrogens with two attached hydrogens (primary N) is 1. The molecule has 0 aromatic heterocycles. The van der Waals surface area contributed by atoms with E-state index in [-0.39, 0.29) is 0 Å². The summed E-state index contributed by atoms with van der Waals surface area (Å²) in [6, 6.07) is 7.82. The molecule has 17 heavy (non-hydrogen) atoms. The number of benzene rings is 1. The van der Waals surface area contributed by atoms with E-state index in [2.05, 4.69) is 24.8 Å². The molecule has 3 nitrogen and oxygen atoms in total. The van der Waals surface area contributed by atoms with Crippen molar-refractivity contribution in [2.45, 2.75) is 24.3 Å². The zero-order valence-electron chi connectivity index (χ0n) is 10.2. The highest BCUT2D eigenvalue weighted by molar-refractivity contribution is 8.00. The predicted molar refractivity (Wildman–Crippen MR) is 74.3 cm³/mol. The maximum atomic E-state index is 9.17. The van der Waals surface area contributed by atoms with Crippen molar-refractivity contribution in [3.8, 4) is 6.07 Å². The molecule has 1 fully saturated rings. The number of nitriles is 1. The SMILES string of the molecule is CC1CN(c2ccc(N)cc2C#N)CC(C)S1. The molecule has 0 amide bonds. The van der Waals surface area contributed by atoms with Gasteiger partial charge >= 0.3 is 0 Å². The van der Waals surface area contributed by atoms with Crippen LogP contribution in [0.15, 0.2) is 18.2 Å². The minimum atomic E-state index is 0.600. The number of rotatable bonds is 1. The van der Waals surface area contributed by atoms with Crippen molar-refractivity contribution in [1.29, 1.82) is 5.26 Å². The maximum absolute atomic E-state index is 9.17. The highest BCUT2D eigenvalue weighted by atomic mass is 32.2. The van der Waals surface area contributed by atoms with Gasteiger partial charge in [-0.2, -0.15) is 17.0 Å². The lowest BCUT2D eigenvalue weighted by molar-refractivity contribution is 0.727. The van der Waals surface area contributed by atoms with Crippen LogP contribution in [0, 0.1) is 11.3 Å². The van der Waals surface area contributed by atoms with Crippen LogP contribution in [0.4, 0.5) is 11.4 Å². The van der Waals surface area contributed by atoms with Gasteiger partial charge in [-0.25, -0.2) is 0 Å². The quantitative estimate of drug-likeness (QED) is 0.775. The Labute approximate surface area is 107 Å². The Morgan fingerprint density at radius 2 is 2.00 bits per heavy atom. The van der Waals surface area contributed by atoms with Gasteiger partial charge in [0.05, 0.1) is 11.3 Å². The molecule has 1 saturated heterocycles. The molecule has 0 radical (unpaired) electrons. The average Bonchev–Trinajstić information content (AvgIpc) is 2.27. The fraction of sp³-hybridized carbons (Fsp3) is 0.462. The molecular weight excluding hydrogens is 230 g/mol. The van der Waals surface area contributed by atoms with Crippen LogP contribution in [-0.2, 0) is 0 Å². The lowest BCUT2D eigenvalue weighted by atomic mass is 10.1. The Kier molecular flexibility index (Phi) is 3.49. The number of nitrogens with zero attached hydrogens (tertiary/aromatic N) is 2. The lowest BCUT2D eigenvalue weighted by Crippen LogP contribution is -2.40. The summed E-state index contributed by atoms with van der Waals surface area (Å²) in [6.45, 7) is 6.45. The third-order valence-electron chi connectivity index (χ3n) is 2.90. The van der Waals surface area contributed by atoms with E-state index in [4.69, 9.17) is 11.0 Å². The third-order valence-corrected chi connectivity index (χ3v) is 4.13. The number of anilines is 2. The van der Waals surface area contributed by atoms with Crippen LogP contribution in [0.3, 0.4) is 0 Å². The number of hydrogen-bond donors (Lipinski definition) is 1. The summed E-state index contributed by atoms with van der Waals surface area (Å²) in [5.74, 6) is 0. The molecule has 0 bridgehead atoms. The largest absolute Gasteiger partial charge is 0.399 e. The van der Waals surface area contributed by atoms with Crippen LogP contribution in [0.25, 0.3) is 0 Å². The Morgan fingerprint density at radius 3 is 2.59 bits per heavy atom. The van der Waals surface area contributed by atoms with Gasteiger partial charge in [-0.3, -0.25) is 0 Å². The van der Waals surface area contributed by atoms with E-state index < -0.39 is 0 Å². The van der Waals surface area contributed by atoms with E-state index in [1.54, 1.807) is 6.07 Å². The third kappa shape index (κ3) is 2.67. The van der Waals surface area contributed by atoms with Gasteiger partial charge in [0.2, 0.25) is 0 Å². The second-order valence-electron chi connectivity index (χ2n) is 4.55. The molecule has 90 valence electrons. The molecule has 2 N–H and O–H groups in total. The van der Waals surface area contributed by atoms with Gasteiger partial charge < -0.3 is 10.6 Å². The van der Waals surface area contributed by atoms with Gasteiger partial charge in [0.1, 0.15) is 6.07 Å². The van der Waals surface area contributed by atoms with E-state index in [0.29, 0.717) is 21.8 Å². The second kappa shape index (κ2) is 4.89. The monoisotopic (exact) mass is 247 g/mol. The van der Waals surface area contributed by atoms with Crippen LogP contribution in [0.1, 0.15) is 19.4 Å². The van der Waals surface area contributed by atoms with Crippen molar-refractivity contribution in [2.75, 3.05) is 23.7 Å². The summed E-state index contributed by atoms with van der Waals surface area (Å²) in [4.78, 5) is 2.30. The van der Waals surface area contributed by atoms with Crippen molar-refractivity contribution < 1.29 is 0 Å². The molecular formula is C13H17N3S. The van der Waals surface area contributed by atoms with Crippen molar-refractivity contribution in [1.82, 2.24) is 0 Å².